The number of allylic oxidation sites excluding steroid dienone is 2. The quantitative estimate of drug-likeness (QED) is 0.549. The molecule has 1 aromatic rings. The summed E-state index contributed by atoms with van der Waals surface area (Å²) < 4.78 is 5.51. The summed E-state index contributed by atoms with van der Waals surface area (Å²) in [5, 5.41) is 9.39. The third-order valence-electron chi connectivity index (χ3n) is 4.83. The highest BCUT2D eigenvalue weighted by molar-refractivity contribution is 5.96. The molecule has 138 valence electrons. The molecule has 2 bridgehead atoms. The van der Waals surface area contributed by atoms with E-state index < -0.39 is 29.6 Å². The number of hydrogen-bond acceptors (Lipinski definition) is 4. The molecule has 1 aromatic carbocycles. The lowest BCUT2D eigenvalue weighted by molar-refractivity contribution is -0.148. The van der Waals surface area contributed by atoms with Crippen LogP contribution in [0.25, 0.3) is 0 Å². The zero-order chi connectivity index (χ0) is 18.8. The molecule has 2 amide bonds. The highest BCUT2D eigenvalue weighted by Gasteiger charge is 2.51. The van der Waals surface area contributed by atoms with Gasteiger partial charge in [0.05, 0.1) is 17.9 Å². The van der Waals surface area contributed by atoms with Crippen LogP contribution in [0.1, 0.15) is 30.6 Å². The molecule has 7 heteroatoms. The van der Waals surface area contributed by atoms with E-state index in [1.165, 1.54) is 0 Å². The Morgan fingerprint density at radius 2 is 1.65 bits per heavy atom. The van der Waals surface area contributed by atoms with Gasteiger partial charge in [0.25, 0.3) is 5.91 Å². The maximum atomic E-state index is 12.4. The predicted molar refractivity (Wildman–Crippen MR) is 93.2 cm³/mol. The van der Waals surface area contributed by atoms with E-state index >= 15 is 0 Å². The number of carboxylic acids is 1. The van der Waals surface area contributed by atoms with Gasteiger partial charge >= 0.3 is 5.97 Å². The van der Waals surface area contributed by atoms with Crippen LogP contribution in [0.15, 0.2) is 36.4 Å². The lowest BCUT2D eigenvalue weighted by Crippen LogP contribution is -2.48. The summed E-state index contributed by atoms with van der Waals surface area (Å²) >= 11 is 0. The first-order valence-corrected chi connectivity index (χ1v) is 8.65. The highest BCUT2D eigenvalue weighted by Crippen LogP contribution is 2.48. The van der Waals surface area contributed by atoms with Crippen LogP contribution in [-0.2, 0) is 9.59 Å². The van der Waals surface area contributed by atoms with Gasteiger partial charge in [0.2, 0.25) is 5.91 Å². The lowest BCUT2D eigenvalue weighted by Gasteiger charge is -2.23. The molecule has 0 spiro atoms. The number of fused-ring (bicyclic) bond motifs is 2. The number of hydrazine groups is 1. The van der Waals surface area contributed by atoms with E-state index in [9.17, 15) is 19.5 Å². The Morgan fingerprint density at radius 1 is 1.04 bits per heavy atom. The Labute approximate surface area is 151 Å². The Balaban J connectivity index is 1.58. The van der Waals surface area contributed by atoms with E-state index in [0.29, 0.717) is 17.7 Å². The maximum absolute atomic E-state index is 12.4. The second kappa shape index (κ2) is 7.19. The van der Waals surface area contributed by atoms with E-state index in [4.69, 9.17) is 4.74 Å². The fourth-order valence-corrected chi connectivity index (χ4v) is 3.75. The van der Waals surface area contributed by atoms with Gasteiger partial charge in [-0.25, -0.2) is 0 Å². The van der Waals surface area contributed by atoms with Crippen molar-refractivity contribution < 1.29 is 24.2 Å². The molecule has 7 nitrogen and oxygen atoms in total. The summed E-state index contributed by atoms with van der Waals surface area (Å²) in [6, 6.07) is 6.55. The van der Waals surface area contributed by atoms with Crippen molar-refractivity contribution in [1.29, 1.82) is 0 Å². The minimum absolute atomic E-state index is 0.0342. The third kappa shape index (κ3) is 3.56. The normalized spacial score (nSPS) is 26.0. The first-order chi connectivity index (χ1) is 12.4. The molecule has 3 N–H and O–H groups in total. The summed E-state index contributed by atoms with van der Waals surface area (Å²) in [5.74, 6) is -2.88. The van der Waals surface area contributed by atoms with Crippen molar-refractivity contribution in [3.05, 3.63) is 42.0 Å². The number of amides is 2. The summed E-state index contributed by atoms with van der Waals surface area (Å²) in [4.78, 5) is 36.1. The largest absolute Gasteiger partial charge is 0.491 e. The Kier molecular flexibility index (Phi) is 4.97. The van der Waals surface area contributed by atoms with Crippen LogP contribution in [0.5, 0.6) is 5.75 Å². The number of carbonyl (C=O) groups is 3. The van der Waals surface area contributed by atoms with Crippen LogP contribution in [0.4, 0.5) is 0 Å². The van der Waals surface area contributed by atoms with Crippen molar-refractivity contribution in [3.63, 3.8) is 0 Å². The molecule has 0 saturated heterocycles. The molecule has 0 unspecified atom stereocenters. The fraction of sp³-hybridized carbons (Fsp3) is 0.421. The van der Waals surface area contributed by atoms with Crippen LogP contribution in [0, 0.1) is 23.7 Å². The predicted octanol–water partition coefficient (Wildman–Crippen LogP) is 1.76. The lowest BCUT2D eigenvalue weighted by atomic mass is 9.82. The Morgan fingerprint density at radius 3 is 2.23 bits per heavy atom. The van der Waals surface area contributed by atoms with Crippen LogP contribution in [0.3, 0.4) is 0 Å². The number of rotatable bonds is 5. The number of carbonyl (C=O) groups excluding carboxylic acids is 2. The highest BCUT2D eigenvalue weighted by atomic mass is 16.5. The topological polar surface area (TPSA) is 105 Å². The molecule has 1 saturated carbocycles. The van der Waals surface area contributed by atoms with Crippen molar-refractivity contribution in [2.24, 2.45) is 23.7 Å². The fourth-order valence-electron chi connectivity index (χ4n) is 3.75. The summed E-state index contributed by atoms with van der Waals surface area (Å²) in [6.07, 6.45) is 4.46. The van der Waals surface area contributed by atoms with Gasteiger partial charge in [0.1, 0.15) is 5.75 Å². The van der Waals surface area contributed by atoms with Crippen LogP contribution in [0.2, 0.25) is 0 Å². The smallest absolute Gasteiger partial charge is 0.307 e. The number of benzene rings is 1. The van der Waals surface area contributed by atoms with E-state index in [-0.39, 0.29) is 17.9 Å². The number of ether oxygens (including phenoxy) is 1. The zero-order valence-electron chi connectivity index (χ0n) is 14.6. The maximum Gasteiger partial charge on any atom is 0.307 e. The van der Waals surface area contributed by atoms with Crippen LogP contribution in [-0.4, -0.2) is 29.0 Å². The summed E-state index contributed by atoms with van der Waals surface area (Å²) in [7, 11) is 0. The molecule has 26 heavy (non-hydrogen) atoms. The number of aliphatic carboxylic acids is 1. The van der Waals surface area contributed by atoms with E-state index in [2.05, 4.69) is 10.9 Å². The molecule has 1 fully saturated rings. The molecule has 0 heterocycles. The van der Waals surface area contributed by atoms with Crippen molar-refractivity contribution in [1.82, 2.24) is 10.9 Å². The first kappa shape index (κ1) is 18.0. The van der Waals surface area contributed by atoms with Gasteiger partial charge in [-0.05, 0) is 56.4 Å². The summed E-state index contributed by atoms with van der Waals surface area (Å²) in [6.45, 7) is 3.82. The molecule has 0 aliphatic heterocycles. The average molecular weight is 358 g/mol. The minimum atomic E-state index is -0.978. The van der Waals surface area contributed by atoms with Gasteiger partial charge in [-0.15, -0.1) is 0 Å². The van der Waals surface area contributed by atoms with Gasteiger partial charge in [0, 0.05) is 5.56 Å². The van der Waals surface area contributed by atoms with Crippen LogP contribution < -0.4 is 15.6 Å². The second-order valence-corrected chi connectivity index (χ2v) is 6.97. The van der Waals surface area contributed by atoms with Crippen molar-refractivity contribution in [3.8, 4) is 5.75 Å². The minimum Gasteiger partial charge on any atom is -0.491 e. The number of carboxylic acid groups (broad SMARTS) is 1. The molecular formula is C19H22N2O5. The number of hydrogen-bond donors (Lipinski definition) is 3. The molecule has 3 rings (SSSR count). The Bertz CT molecular complexity index is 741. The SMILES string of the molecule is CC(C)Oc1ccc(C(=O)NNC(=O)[C@H]2[C@@H](C(=O)O)[C@H]3C=C[C@H]2C3)cc1. The molecule has 0 aromatic heterocycles. The second-order valence-electron chi connectivity index (χ2n) is 6.97. The van der Waals surface area contributed by atoms with Crippen molar-refractivity contribution in [2.75, 3.05) is 0 Å². The first-order valence-electron chi connectivity index (χ1n) is 8.65. The van der Waals surface area contributed by atoms with E-state index in [1.54, 1.807) is 24.3 Å². The van der Waals surface area contributed by atoms with Gasteiger partial charge in [-0.1, -0.05) is 12.2 Å². The third-order valence-corrected chi connectivity index (χ3v) is 4.83. The zero-order valence-corrected chi connectivity index (χ0v) is 14.6. The van der Waals surface area contributed by atoms with Gasteiger partial charge in [-0.2, -0.15) is 0 Å². The van der Waals surface area contributed by atoms with E-state index in [0.717, 1.165) is 0 Å². The van der Waals surface area contributed by atoms with E-state index in [1.807, 2.05) is 26.0 Å². The monoisotopic (exact) mass is 358 g/mol. The standard InChI is InChI=1S/C19H22N2O5/c1-10(2)26-14-7-5-11(6-8-14)17(22)20-21-18(23)15-12-3-4-13(9-12)16(15)19(24)25/h3-8,10,12-13,15-16H,9H2,1-2H3,(H,20,22)(H,21,23)(H,24,25)/t12-,13-,15+,16-/m0/s1. The van der Waals surface area contributed by atoms with Gasteiger partial charge in [-0.3, -0.25) is 25.2 Å². The summed E-state index contributed by atoms with van der Waals surface area (Å²) in [5.41, 5.74) is 5.10. The van der Waals surface area contributed by atoms with Crippen molar-refractivity contribution in [2.45, 2.75) is 26.4 Å². The molecule has 0 radical (unpaired) electrons. The van der Waals surface area contributed by atoms with Gasteiger partial charge in [0.15, 0.2) is 0 Å². The molecule has 2 aliphatic carbocycles. The number of nitrogens with one attached hydrogen (secondary N) is 2. The van der Waals surface area contributed by atoms with Gasteiger partial charge < -0.3 is 9.84 Å². The molecular weight excluding hydrogens is 336 g/mol. The van der Waals surface area contributed by atoms with Crippen molar-refractivity contribution >= 4 is 17.8 Å². The molecule has 4 atom stereocenters. The average Bonchev–Trinajstić information content (AvgIpc) is 3.20. The van der Waals surface area contributed by atoms with Crippen LogP contribution >= 0.6 is 0 Å². The Hall–Kier alpha value is -2.83. The molecule has 2 aliphatic rings.